The van der Waals surface area contributed by atoms with Crippen molar-refractivity contribution in [3.05, 3.63) is 58.9 Å². The van der Waals surface area contributed by atoms with Crippen molar-refractivity contribution in [3.63, 3.8) is 0 Å². The number of rotatable bonds is 6. The van der Waals surface area contributed by atoms with Gasteiger partial charge >= 0.3 is 5.97 Å². The minimum Gasteiger partial charge on any atom is -0.497 e. The average Bonchev–Trinajstić information content (AvgIpc) is 2.67. The molecule has 0 saturated carbocycles. The highest BCUT2D eigenvalue weighted by atomic mass is 32.2. The lowest BCUT2D eigenvalue weighted by atomic mass is 10.2. The van der Waals surface area contributed by atoms with Gasteiger partial charge in [-0.25, -0.2) is 4.98 Å². The van der Waals surface area contributed by atoms with Crippen molar-refractivity contribution in [2.24, 2.45) is 0 Å². The Hall–Kier alpha value is -2.80. The van der Waals surface area contributed by atoms with Gasteiger partial charge in [-0.2, -0.15) is 0 Å². The molecule has 0 N–H and O–H groups in total. The van der Waals surface area contributed by atoms with Crippen LogP contribution in [0.25, 0.3) is 16.6 Å². The van der Waals surface area contributed by atoms with Gasteiger partial charge in [0.2, 0.25) is 0 Å². The number of carbonyl (C=O) groups excluding carboxylic acids is 1. The Morgan fingerprint density at radius 3 is 2.77 bits per heavy atom. The Bertz CT molecular complexity index is 1000. The highest BCUT2D eigenvalue weighted by Crippen LogP contribution is 2.23. The first-order chi connectivity index (χ1) is 12.6. The minimum absolute atomic E-state index is 0.0720. The smallest absolute Gasteiger partial charge is 0.316 e. The molecule has 0 atom stereocenters. The summed E-state index contributed by atoms with van der Waals surface area (Å²) in [5, 5.41) is 0.936. The van der Waals surface area contributed by atoms with Crippen molar-refractivity contribution in [1.82, 2.24) is 9.55 Å². The van der Waals surface area contributed by atoms with Crippen molar-refractivity contribution in [2.45, 2.75) is 12.1 Å². The van der Waals surface area contributed by atoms with Crippen LogP contribution in [0.4, 0.5) is 0 Å². The molecule has 1 heterocycles. The third-order valence-electron chi connectivity index (χ3n) is 3.68. The Kier molecular flexibility index (Phi) is 5.58. The van der Waals surface area contributed by atoms with E-state index in [1.165, 1.54) is 16.3 Å². The zero-order valence-electron chi connectivity index (χ0n) is 14.5. The van der Waals surface area contributed by atoms with E-state index in [0.29, 0.717) is 34.1 Å². The zero-order valence-corrected chi connectivity index (χ0v) is 15.3. The topological polar surface area (TPSA) is 70.4 Å². The molecular weight excluding hydrogens is 352 g/mol. The van der Waals surface area contributed by atoms with Crippen LogP contribution in [0.1, 0.15) is 6.92 Å². The molecule has 0 bridgehead atoms. The van der Waals surface area contributed by atoms with Crippen LogP contribution < -0.4 is 10.3 Å². The molecule has 0 fully saturated rings. The van der Waals surface area contributed by atoms with Crippen LogP contribution in [0, 0.1) is 0 Å². The molecule has 0 aliphatic carbocycles. The van der Waals surface area contributed by atoms with E-state index in [-0.39, 0.29) is 17.3 Å². The predicted molar refractivity (Wildman–Crippen MR) is 101 cm³/mol. The number of benzene rings is 2. The second-order valence-electron chi connectivity index (χ2n) is 5.35. The molecule has 1 aromatic heterocycles. The van der Waals surface area contributed by atoms with Gasteiger partial charge in [0.15, 0.2) is 5.16 Å². The van der Waals surface area contributed by atoms with Gasteiger partial charge in [-0.05, 0) is 31.2 Å². The molecule has 3 aromatic rings. The fourth-order valence-electron chi connectivity index (χ4n) is 2.51. The number of methoxy groups -OCH3 is 1. The van der Waals surface area contributed by atoms with Gasteiger partial charge in [0.1, 0.15) is 5.75 Å². The number of aromatic nitrogens is 2. The Labute approximate surface area is 154 Å². The molecule has 0 aliphatic rings. The molecular formula is C19H18N2O4S. The fourth-order valence-corrected chi connectivity index (χ4v) is 3.32. The van der Waals surface area contributed by atoms with Crippen molar-refractivity contribution in [2.75, 3.05) is 19.5 Å². The van der Waals surface area contributed by atoms with E-state index in [2.05, 4.69) is 4.98 Å². The Balaban J connectivity index is 2.14. The average molecular weight is 370 g/mol. The first kappa shape index (κ1) is 18.0. The molecule has 6 nitrogen and oxygen atoms in total. The van der Waals surface area contributed by atoms with Crippen LogP contribution in [0.2, 0.25) is 0 Å². The number of ether oxygens (including phenoxy) is 2. The Morgan fingerprint density at radius 2 is 2.00 bits per heavy atom. The third kappa shape index (κ3) is 3.72. The maximum Gasteiger partial charge on any atom is 0.316 e. The van der Waals surface area contributed by atoms with E-state index in [1.54, 1.807) is 56.5 Å². The van der Waals surface area contributed by atoms with Gasteiger partial charge in [-0.3, -0.25) is 14.2 Å². The normalized spacial score (nSPS) is 10.7. The second-order valence-corrected chi connectivity index (χ2v) is 6.29. The summed E-state index contributed by atoms with van der Waals surface area (Å²) < 4.78 is 11.7. The fraction of sp³-hybridized carbons (Fsp3) is 0.211. The van der Waals surface area contributed by atoms with E-state index >= 15 is 0 Å². The molecule has 26 heavy (non-hydrogen) atoms. The number of fused-ring (bicyclic) bond motifs is 1. The van der Waals surface area contributed by atoms with Gasteiger partial charge in [0.25, 0.3) is 5.56 Å². The van der Waals surface area contributed by atoms with Gasteiger partial charge in [-0.1, -0.05) is 30.0 Å². The number of hydrogen-bond donors (Lipinski definition) is 0. The maximum atomic E-state index is 13.1. The molecule has 0 amide bonds. The summed E-state index contributed by atoms with van der Waals surface area (Å²) in [4.78, 5) is 29.4. The number of nitrogens with zero attached hydrogens (tertiary/aromatic N) is 2. The number of para-hydroxylation sites is 1. The van der Waals surface area contributed by atoms with Crippen LogP contribution in [-0.4, -0.2) is 35.0 Å². The number of thioether (sulfide) groups is 1. The highest BCUT2D eigenvalue weighted by Gasteiger charge is 2.15. The van der Waals surface area contributed by atoms with Crippen LogP contribution >= 0.6 is 11.8 Å². The van der Waals surface area contributed by atoms with Gasteiger partial charge in [-0.15, -0.1) is 0 Å². The summed E-state index contributed by atoms with van der Waals surface area (Å²) >= 11 is 1.17. The summed E-state index contributed by atoms with van der Waals surface area (Å²) in [5.41, 5.74) is 1.01. The minimum atomic E-state index is -0.350. The van der Waals surface area contributed by atoms with E-state index in [1.807, 2.05) is 6.07 Å². The summed E-state index contributed by atoms with van der Waals surface area (Å²) in [6.07, 6.45) is 0. The van der Waals surface area contributed by atoms with Crippen molar-refractivity contribution in [3.8, 4) is 11.4 Å². The molecule has 0 aliphatic heterocycles. The molecule has 3 rings (SSSR count). The van der Waals surface area contributed by atoms with Crippen LogP contribution in [0.15, 0.2) is 58.5 Å². The Morgan fingerprint density at radius 1 is 1.19 bits per heavy atom. The molecule has 0 saturated heterocycles. The third-order valence-corrected chi connectivity index (χ3v) is 4.59. The lowest BCUT2D eigenvalue weighted by Gasteiger charge is -2.13. The van der Waals surface area contributed by atoms with Crippen molar-refractivity contribution in [1.29, 1.82) is 0 Å². The van der Waals surface area contributed by atoms with E-state index in [0.717, 1.165) is 0 Å². The van der Waals surface area contributed by atoms with Crippen LogP contribution in [0.3, 0.4) is 0 Å². The highest BCUT2D eigenvalue weighted by molar-refractivity contribution is 7.99. The van der Waals surface area contributed by atoms with E-state index in [4.69, 9.17) is 9.47 Å². The summed E-state index contributed by atoms with van der Waals surface area (Å²) in [6, 6.07) is 14.3. The first-order valence-electron chi connectivity index (χ1n) is 8.08. The molecule has 134 valence electrons. The van der Waals surface area contributed by atoms with E-state index < -0.39 is 0 Å². The summed E-state index contributed by atoms with van der Waals surface area (Å²) in [5.74, 6) is 0.351. The van der Waals surface area contributed by atoms with Crippen LogP contribution in [-0.2, 0) is 9.53 Å². The maximum absolute atomic E-state index is 13.1. The zero-order chi connectivity index (χ0) is 18.5. The SMILES string of the molecule is CCOC(=O)CSc1nc2ccccc2c(=O)n1-c1cccc(OC)c1. The van der Waals surface area contributed by atoms with E-state index in [9.17, 15) is 9.59 Å². The standard InChI is InChI=1S/C19H18N2O4S/c1-3-25-17(22)12-26-19-20-16-10-5-4-9-15(16)18(23)21(19)13-7-6-8-14(11-13)24-2/h4-11H,3,12H2,1-2H3. The molecule has 0 spiro atoms. The quantitative estimate of drug-likeness (QED) is 0.377. The molecule has 0 radical (unpaired) electrons. The summed E-state index contributed by atoms with van der Waals surface area (Å²) in [7, 11) is 1.57. The van der Waals surface area contributed by atoms with Crippen molar-refractivity contribution < 1.29 is 14.3 Å². The lowest BCUT2D eigenvalue weighted by Crippen LogP contribution is -2.22. The lowest BCUT2D eigenvalue weighted by molar-refractivity contribution is -0.139. The first-order valence-corrected chi connectivity index (χ1v) is 9.07. The molecule has 2 aromatic carbocycles. The molecule has 0 unspecified atom stereocenters. The number of hydrogen-bond acceptors (Lipinski definition) is 6. The van der Waals surface area contributed by atoms with Gasteiger partial charge < -0.3 is 9.47 Å². The number of carbonyl (C=O) groups is 1. The van der Waals surface area contributed by atoms with Gasteiger partial charge in [0.05, 0.1) is 36.1 Å². The largest absolute Gasteiger partial charge is 0.497 e. The van der Waals surface area contributed by atoms with Gasteiger partial charge in [0, 0.05) is 6.07 Å². The van der Waals surface area contributed by atoms with Crippen LogP contribution in [0.5, 0.6) is 5.75 Å². The summed E-state index contributed by atoms with van der Waals surface area (Å²) in [6.45, 7) is 2.07. The predicted octanol–water partition coefficient (Wildman–Crippen LogP) is 3.05. The second kappa shape index (κ2) is 8.05. The van der Waals surface area contributed by atoms with Crippen molar-refractivity contribution >= 4 is 28.6 Å². The monoisotopic (exact) mass is 370 g/mol. The molecule has 7 heteroatoms. The number of esters is 1.